The summed E-state index contributed by atoms with van der Waals surface area (Å²) in [4.78, 5) is 1.14. The van der Waals surface area contributed by atoms with Gasteiger partial charge in [-0.05, 0) is 58.2 Å². The van der Waals surface area contributed by atoms with Gasteiger partial charge in [-0.1, -0.05) is 15.9 Å². The minimum Gasteiger partial charge on any atom is -0.309 e. The molecule has 17 heavy (non-hydrogen) atoms. The van der Waals surface area contributed by atoms with Crippen LogP contribution in [0.5, 0.6) is 0 Å². The fraction of sp³-hybridized carbons (Fsp3) is 0.167. The van der Waals surface area contributed by atoms with E-state index in [0.29, 0.717) is 0 Å². The molecule has 1 unspecified atom stereocenters. The van der Waals surface area contributed by atoms with Crippen LogP contribution in [0.3, 0.4) is 0 Å². The Morgan fingerprint density at radius 1 is 1.29 bits per heavy atom. The third-order valence-corrected chi connectivity index (χ3v) is 4.81. The fourth-order valence-electron chi connectivity index (χ4n) is 1.70. The average Bonchev–Trinajstić information content (AvgIpc) is 2.65. The van der Waals surface area contributed by atoms with Crippen molar-refractivity contribution in [3.63, 3.8) is 0 Å². The van der Waals surface area contributed by atoms with Crippen molar-refractivity contribution in [2.45, 2.75) is 6.04 Å². The van der Waals surface area contributed by atoms with Gasteiger partial charge in [0, 0.05) is 13.8 Å². The number of halogens is 3. The third-order valence-electron chi connectivity index (χ3n) is 2.41. The maximum Gasteiger partial charge on any atom is 0.124 e. The lowest BCUT2D eigenvalue weighted by molar-refractivity contribution is 0.616. The molecule has 5 heteroatoms. The molecule has 2 aromatic rings. The molecule has 1 aromatic heterocycles. The zero-order valence-corrected chi connectivity index (χ0v) is 13.0. The van der Waals surface area contributed by atoms with E-state index in [2.05, 4.69) is 37.2 Å². The second-order valence-electron chi connectivity index (χ2n) is 3.56. The van der Waals surface area contributed by atoms with Crippen LogP contribution in [0.25, 0.3) is 0 Å². The Balaban J connectivity index is 2.45. The van der Waals surface area contributed by atoms with Crippen LogP contribution in [0.4, 0.5) is 4.39 Å². The summed E-state index contributed by atoms with van der Waals surface area (Å²) in [5, 5.41) is 5.22. The molecule has 0 aliphatic rings. The SMILES string of the molecule is CNC(c1cc(F)cc(Br)c1)c1sccc1Br. The fourth-order valence-corrected chi connectivity index (χ4v) is 3.92. The summed E-state index contributed by atoms with van der Waals surface area (Å²) in [6.07, 6.45) is 0. The first-order valence-electron chi connectivity index (χ1n) is 4.98. The topological polar surface area (TPSA) is 12.0 Å². The highest BCUT2D eigenvalue weighted by Gasteiger charge is 2.17. The van der Waals surface area contributed by atoms with Crippen LogP contribution >= 0.6 is 43.2 Å². The monoisotopic (exact) mass is 377 g/mol. The standard InChI is InChI=1S/C12H10Br2FNS/c1-16-11(12-10(14)2-3-17-12)7-4-8(13)6-9(15)5-7/h2-6,11,16H,1H3. The van der Waals surface area contributed by atoms with E-state index >= 15 is 0 Å². The van der Waals surface area contributed by atoms with Gasteiger partial charge in [-0.25, -0.2) is 4.39 Å². The van der Waals surface area contributed by atoms with Crippen molar-refractivity contribution in [1.82, 2.24) is 5.32 Å². The van der Waals surface area contributed by atoms with Crippen molar-refractivity contribution in [3.05, 3.63) is 54.8 Å². The molecule has 1 aromatic carbocycles. The maximum atomic E-state index is 13.4. The zero-order chi connectivity index (χ0) is 12.4. The summed E-state index contributed by atoms with van der Waals surface area (Å²) < 4.78 is 15.2. The van der Waals surface area contributed by atoms with Crippen LogP contribution in [0.15, 0.2) is 38.6 Å². The molecule has 1 atom stereocenters. The van der Waals surface area contributed by atoms with E-state index < -0.39 is 0 Å². The lowest BCUT2D eigenvalue weighted by Gasteiger charge is -2.16. The Bertz CT molecular complexity index is 507. The van der Waals surface area contributed by atoms with Crippen LogP contribution in [0.1, 0.15) is 16.5 Å². The molecule has 0 fully saturated rings. The normalized spacial score (nSPS) is 12.7. The summed E-state index contributed by atoms with van der Waals surface area (Å²) in [7, 11) is 1.87. The van der Waals surface area contributed by atoms with E-state index in [4.69, 9.17) is 0 Å². The molecular formula is C12H10Br2FNS. The average molecular weight is 379 g/mol. The molecule has 0 saturated heterocycles. The Morgan fingerprint density at radius 3 is 2.59 bits per heavy atom. The molecule has 1 nitrogen and oxygen atoms in total. The van der Waals surface area contributed by atoms with E-state index in [1.807, 2.05) is 24.6 Å². The molecule has 2 rings (SSSR count). The van der Waals surface area contributed by atoms with Crippen LogP contribution in [-0.4, -0.2) is 7.05 Å². The van der Waals surface area contributed by atoms with Crippen molar-refractivity contribution >= 4 is 43.2 Å². The molecule has 0 amide bonds. The summed E-state index contributed by atoms with van der Waals surface area (Å²) in [5.74, 6) is -0.234. The largest absolute Gasteiger partial charge is 0.309 e. The van der Waals surface area contributed by atoms with Gasteiger partial charge >= 0.3 is 0 Å². The van der Waals surface area contributed by atoms with Crippen molar-refractivity contribution in [3.8, 4) is 0 Å². The summed E-state index contributed by atoms with van der Waals surface area (Å²) in [6, 6.07) is 6.93. The van der Waals surface area contributed by atoms with E-state index in [1.165, 1.54) is 6.07 Å². The predicted octanol–water partition coefficient (Wildman–Crippen LogP) is 4.72. The van der Waals surface area contributed by atoms with Gasteiger partial charge in [0.25, 0.3) is 0 Å². The number of rotatable bonds is 3. The van der Waals surface area contributed by atoms with Gasteiger partial charge in [-0.2, -0.15) is 0 Å². The molecule has 0 bridgehead atoms. The molecule has 1 N–H and O–H groups in total. The van der Waals surface area contributed by atoms with Crippen molar-refractivity contribution in [2.24, 2.45) is 0 Å². The molecule has 90 valence electrons. The Kier molecular flexibility index (Phi) is 4.36. The minimum atomic E-state index is -0.234. The molecule has 1 heterocycles. The minimum absolute atomic E-state index is 0.00336. The van der Waals surface area contributed by atoms with Gasteiger partial charge in [-0.15, -0.1) is 11.3 Å². The quantitative estimate of drug-likeness (QED) is 0.814. The van der Waals surface area contributed by atoms with Crippen LogP contribution in [0.2, 0.25) is 0 Å². The third kappa shape index (κ3) is 2.96. The Hall–Kier alpha value is -0.230. The molecule has 0 radical (unpaired) electrons. The van der Waals surface area contributed by atoms with Gasteiger partial charge in [0.2, 0.25) is 0 Å². The first kappa shape index (κ1) is 13.2. The first-order valence-corrected chi connectivity index (χ1v) is 7.44. The van der Waals surface area contributed by atoms with Gasteiger partial charge < -0.3 is 5.32 Å². The predicted molar refractivity (Wildman–Crippen MR) is 77.0 cm³/mol. The molecule has 0 aliphatic carbocycles. The Labute approximate surface area is 120 Å². The highest BCUT2D eigenvalue weighted by molar-refractivity contribution is 9.10. The summed E-state index contributed by atoms with van der Waals surface area (Å²) in [6.45, 7) is 0. The van der Waals surface area contributed by atoms with Crippen molar-refractivity contribution in [2.75, 3.05) is 7.05 Å². The number of hydrogen-bond donors (Lipinski definition) is 1. The second-order valence-corrected chi connectivity index (χ2v) is 6.27. The van der Waals surface area contributed by atoms with E-state index in [-0.39, 0.29) is 11.9 Å². The van der Waals surface area contributed by atoms with Crippen molar-refractivity contribution in [1.29, 1.82) is 0 Å². The lowest BCUT2D eigenvalue weighted by Crippen LogP contribution is -2.17. The van der Waals surface area contributed by atoms with E-state index in [0.717, 1.165) is 19.4 Å². The molecule has 0 aliphatic heterocycles. The highest BCUT2D eigenvalue weighted by Crippen LogP contribution is 2.34. The molecule has 0 spiro atoms. The molecule has 0 saturated carbocycles. The first-order chi connectivity index (χ1) is 8.11. The van der Waals surface area contributed by atoms with E-state index in [1.54, 1.807) is 17.4 Å². The maximum absolute atomic E-state index is 13.4. The van der Waals surface area contributed by atoms with E-state index in [9.17, 15) is 4.39 Å². The zero-order valence-electron chi connectivity index (χ0n) is 9.01. The summed E-state index contributed by atoms with van der Waals surface area (Å²) in [5.41, 5.74) is 0.905. The molecular weight excluding hydrogens is 369 g/mol. The van der Waals surface area contributed by atoms with Gasteiger partial charge in [0.05, 0.1) is 6.04 Å². The van der Waals surface area contributed by atoms with Crippen LogP contribution in [0, 0.1) is 5.82 Å². The number of benzene rings is 1. The number of nitrogens with one attached hydrogen (secondary N) is 1. The van der Waals surface area contributed by atoms with Crippen LogP contribution in [-0.2, 0) is 0 Å². The number of thiophene rings is 1. The smallest absolute Gasteiger partial charge is 0.124 e. The van der Waals surface area contributed by atoms with Crippen LogP contribution < -0.4 is 5.32 Å². The highest BCUT2D eigenvalue weighted by atomic mass is 79.9. The van der Waals surface area contributed by atoms with Gasteiger partial charge in [0.1, 0.15) is 5.82 Å². The Morgan fingerprint density at radius 2 is 2.06 bits per heavy atom. The van der Waals surface area contributed by atoms with Gasteiger partial charge in [0.15, 0.2) is 0 Å². The second kappa shape index (κ2) is 5.61. The number of hydrogen-bond acceptors (Lipinski definition) is 2. The summed E-state index contributed by atoms with van der Waals surface area (Å²) >= 11 is 8.46. The lowest BCUT2D eigenvalue weighted by atomic mass is 10.1. The van der Waals surface area contributed by atoms with Gasteiger partial charge in [-0.3, -0.25) is 0 Å². The van der Waals surface area contributed by atoms with Crippen molar-refractivity contribution < 1.29 is 4.39 Å².